The number of carbonyl (C=O) groups is 1. The molecular weight excluding hydrogens is 309 g/mol. The number of hydrogen-bond acceptors (Lipinski definition) is 3. The Bertz CT molecular complexity index is 624. The molecule has 19 heavy (non-hydrogen) atoms. The Labute approximate surface area is 125 Å². The minimum absolute atomic E-state index is 0.202. The molecule has 2 rings (SSSR count). The molecule has 0 saturated carbocycles. The largest absolute Gasteiger partial charge is 0.465 e. The molecule has 0 bridgehead atoms. The first kappa shape index (κ1) is 14.1. The summed E-state index contributed by atoms with van der Waals surface area (Å²) < 4.78 is 4.65. The van der Waals surface area contributed by atoms with Gasteiger partial charge >= 0.3 is 5.97 Å². The van der Waals surface area contributed by atoms with Crippen molar-refractivity contribution in [2.24, 2.45) is 0 Å². The number of esters is 1. The van der Waals surface area contributed by atoms with Gasteiger partial charge < -0.3 is 4.74 Å². The van der Waals surface area contributed by atoms with Crippen LogP contribution in [0.1, 0.15) is 10.4 Å². The molecule has 1 aromatic carbocycles. The molecule has 1 aromatic heterocycles. The standard InChI is InChI=1S/C13H8Cl3NO2/c1-19-13(18)10-2-3-17-12(11(10)16)7-4-8(14)6-9(15)5-7/h2-6H,1H3. The fraction of sp³-hybridized carbons (Fsp3) is 0.0769. The van der Waals surface area contributed by atoms with E-state index in [1.807, 2.05) is 0 Å². The van der Waals surface area contributed by atoms with E-state index in [0.717, 1.165) is 0 Å². The second-order valence-electron chi connectivity index (χ2n) is 3.67. The van der Waals surface area contributed by atoms with Crippen LogP contribution in [0.5, 0.6) is 0 Å². The predicted molar refractivity (Wildman–Crippen MR) is 76.0 cm³/mol. The molecule has 0 amide bonds. The minimum atomic E-state index is -0.526. The average Bonchev–Trinajstić information content (AvgIpc) is 2.37. The number of aromatic nitrogens is 1. The van der Waals surface area contributed by atoms with Gasteiger partial charge in [-0.2, -0.15) is 0 Å². The lowest BCUT2D eigenvalue weighted by atomic mass is 10.1. The Morgan fingerprint density at radius 1 is 1.16 bits per heavy atom. The Morgan fingerprint density at radius 2 is 1.79 bits per heavy atom. The van der Waals surface area contributed by atoms with Crippen molar-refractivity contribution in [3.05, 3.63) is 51.1 Å². The zero-order valence-corrected chi connectivity index (χ0v) is 12.1. The molecule has 0 spiro atoms. The minimum Gasteiger partial charge on any atom is -0.465 e. The van der Waals surface area contributed by atoms with E-state index < -0.39 is 5.97 Å². The monoisotopic (exact) mass is 315 g/mol. The maximum Gasteiger partial charge on any atom is 0.339 e. The zero-order valence-electron chi connectivity index (χ0n) is 9.78. The number of benzene rings is 1. The number of hydrogen-bond donors (Lipinski definition) is 0. The summed E-state index contributed by atoms with van der Waals surface area (Å²) in [5, 5.41) is 1.13. The first-order chi connectivity index (χ1) is 9.02. The molecule has 0 radical (unpaired) electrons. The molecule has 0 atom stereocenters. The van der Waals surface area contributed by atoms with Crippen molar-refractivity contribution in [3.63, 3.8) is 0 Å². The van der Waals surface area contributed by atoms with E-state index >= 15 is 0 Å². The topological polar surface area (TPSA) is 39.2 Å². The van der Waals surface area contributed by atoms with Crippen LogP contribution in [-0.2, 0) is 4.74 Å². The van der Waals surface area contributed by atoms with Gasteiger partial charge in [0.25, 0.3) is 0 Å². The maximum atomic E-state index is 11.6. The maximum absolute atomic E-state index is 11.6. The molecule has 2 aromatic rings. The summed E-state index contributed by atoms with van der Waals surface area (Å²) >= 11 is 18.0. The summed E-state index contributed by atoms with van der Waals surface area (Å²) in [6.45, 7) is 0. The Hall–Kier alpha value is -1.29. The molecule has 98 valence electrons. The van der Waals surface area contributed by atoms with Gasteiger partial charge in [0.1, 0.15) is 0 Å². The van der Waals surface area contributed by atoms with Gasteiger partial charge in [-0.3, -0.25) is 4.98 Å². The van der Waals surface area contributed by atoms with Crippen molar-refractivity contribution in [3.8, 4) is 11.3 Å². The molecule has 0 aliphatic heterocycles. The van der Waals surface area contributed by atoms with Crippen LogP contribution >= 0.6 is 34.8 Å². The van der Waals surface area contributed by atoms with Crippen molar-refractivity contribution in [1.82, 2.24) is 4.98 Å². The zero-order chi connectivity index (χ0) is 14.0. The van der Waals surface area contributed by atoms with Gasteiger partial charge in [-0.25, -0.2) is 4.79 Å². The van der Waals surface area contributed by atoms with Crippen molar-refractivity contribution >= 4 is 40.8 Å². The van der Waals surface area contributed by atoms with E-state index in [-0.39, 0.29) is 10.6 Å². The van der Waals surface area contributed by atoms with Crippen LogP contribution in [0, 0.1) is 0 Å². The molecule has 1 heterocycles. The van der Waals surface area contributed by atoms with Crippen LogP contribution in [0.25, 0.3) is 11.3 Å². The second-order valence-corrected chi connectivity index (χ2v) is 4.92. The molecule has 0 saturated heterocycles. The smallest absolute Gasteiger partial charge is 0.339 e. The van der Waals surface area contributed by atoms with Crippen LogP contribution < -0.4 is 0 Å². The SMILES string of the molecule is COC(=O)c1ccnc(-c2cc(Cl)cc(Cl)c2)c1Cl. The van der Waals surface area contributed by atoms with Crippen LogP contribution in [0.4, 0.5) is 0 Å². The molecule has 0 unspecified atom stereocenters. The molecule has 0 fully saturated rings. The molecule has 0 aliphatic rings. The third kappa shape index (κ3) is 3.00. The summed E-state index contributed by atoms with van der Waals surface area (Å²) in [5.41, 5.74) is 1.30. The Balaban J connectivity index is 2.60. The fourth-order valence-electron chi connectivity index (χ4n) is 1.60. The summed E-state index contributed by atoms with van der Waals surface area (Å²) in [6, 6.07) is 6.43. The third-order valence-electron chi connectivity index (χ3n) is 2.43. The van der Waals surface area contributed by atoms with Crippen molar-refractivity contribution in [2.45, 2.75) is 0 Å². The third-order valence-corrected chi connectivity index (χ3v) is 3.25. The Kier molecular flexibility index (Phi) is 4.30. The van der Waals surface area contributed by atoms with Crippen molar-refractivity contribution in [1.29, 1.82) is 0 Å². The quantitative estimate of drug-likeness (QED) is 0.766. The number of methoxy groups -OCH3 is 1. The van der Waals surface area contributed by atoms with Gasteiger partial charge in [0.2, 0.25) is 0 Å². The highest BCUT2D eigenvalue weighted by molar-refractivity contribution is 6.37. The molecule has 6 heteroatoms. The number of nitrogens with zero attached hydrogens (tertiary/aromatic N) is 1. The summed E-state index contributed by atoms with van der Waals surface area (Å²) in [4.78, 5) is 15.7. The normalized spacial score (nSPS) is 10.3. The highest BCUT2D eigenvalue weighted by atomic mass is 35.5. The molecule has 0 aliphatic carbocycles. The van der Waals surface area contributed by atoms with E-state index in [4.69, 9.17) is 34.8 Å². The van der Waals surface area contributed by atoms with Crippen LogP contribution in [0.15, 0.2) is 30.5 Å². The number of pyridine rings is 1. The summed E-state index contributed by atoms with van der Waals surface area (Å²) in [7, 11) is 1.29. The molecular formula is C13H8Cl3NO2. The first-order valence-corrected chi connectivity index (χ1v) is 6.35. The van der Waals surface area contributed by atoms with Crippen molar-refractivity contribution < 1.29 is 9.53 Å². The average molecular weight is 317 g/mol. The highest BCUT2D eigenvalue weighted by Crippen LogP contribution is 2.32. The van der Waals surface area contributed by atoms with Gasteiger partial charge in [-0.15, -0.1) is 0 Å². The number of carbonyl (C=O) groups excluding carboxylic acids is 1. The van der Waals surface area contributed by atoms with Crippen molar-refractivity contribution in [2.75, 3.05) is 7.11 Å². The number of rotatable bonds is 2. The van der Waals surface area contributed by atoms with Crippen LogP contribution in [-0.4, -0.2) is 18.1 Å². The first-order valence-electron chi connectivity index (χ1n) is 5.22. The lowest BCUT2D eigenvalue weighted by Crippen LogP contribution is -2.03. The number of ether oxygens (including phenoxy) is 1. The van der Waals surface area contributed by atoms with Gasteiger partial charge in [0.15, 0.2) is 0 Å². The van der Waals surface area contributed by atoms with Crippen LogP contribution in [0.3, 0.4) is 0 Å². The lowest BCUT2D eigenvalue weighted by molar-refractivity contribution is 0.0601. The van der Waals surface area contributed by atoms with Crippen LogP contribution in [0.2, 0.25) is 15.1 Å². The van der Waals surface area contributed by atoms with E-state index in [1.165, 1.54) is 19.4 Å². The van der Waals surface area contributed by atoms with E-state index in [9.17, 15) is 4.79 Å². The summed E-state index contributed by atoms with van der Waals surface area (Å²) in [6.07, 6.45) is 1.47. The van der Waals surface area contributed by atoms with Gasteiger partial charge in [-0.05, 0) is 24.3 Å². The fourth-order valence-corrected chi connectivity index (χ4v) is 2.43. The van der Waals surface area contributed by atoms with Gasteiger partial charge in [0.05, 0.1) is 23.4 Å². The van der Waals surface area contributed by atoms with E-state index in [2.05, 4.69) is 9.72 Å². The Morgan fingerprint density at radius 3 is 2.37 bits per heavy atom. The van der Waals surface area contributed by atoms with Gasteiger partial charge in [0, 0.05) is 21.8 Å². The molecule has 0 N–H and O–H groups in total. The van der Waals surface area contributed by atoms with E-state index in [0.29, 0.717) is 21.3 Å². The van der Waals surface area contributed by atoms with E-state index in [1.54, 1.807) is 18.2 Å². The molecule has 3 nitrogen and oxygen atoms in total. The number of halogens is 3. The van der Waals surface area contributed by atoms with Gasteiger partial charge in [-0.1, -0.05) is 34.8 Å². The summed E-state index contributed by atoms with van der Waals surface area (Å²) in [5.74, 6) is -0.526. The second kappa shape index (κ2) is 5.78. The lowest BCUT2D eigenvalue weighted by Gasteiger charge is -2.08. The predicted octanol–water partition coefficient (Wildman–Crippen LogP) is 4.50. The highest BCUT2D eigenvalue weighted by Gasteiger charge is 2.16.